The van der Waals surface area contributed by atoms with Crippen LogP contribution in [0.25, 0.3) is 0 Å². The molecule has 2 fully saturated rings. The van der Waals surface area contributed by atoms with Gasteiger partial charge in [0.15, 0.2) is 0 Å². The molecule has 1 aliphatic heterocycles. The minimum atomic E-state index is -0.892. The van der Waals surface area contributed by atoms with Crippen molar-refractivity contribution in [2.75, 3.05) is 19.8 Å². The van der Waals surface area contributed by atoms with E-state index < -0.39 is 17.8 Å². The molecular formula is C17H20ClNO4. The maximum Gasteiger partial charge on any atom is 0.307 e. The number of ether oxygens (including phenoxy) is 1. The van der Waals surface area contributed by atoms with Crippen LogP contribution >= 0.6 is 11.6 Å². The molecule has 2 N–H and O–H groups in total. The molecule has 2 atom stereocenters. The van der Waals surface area contributed by atoms with Gasteiger partial charge < -0.3 is 15.2 Å². The monoisotopic (exact) mass is 337 g/mol. The zero-order chi connectivity index (χ0) is 16.4. The molecule has 1 aromatic carbocycles. The Labute approximate surface area is 140 Å². The van der Waals surface area contributed by atoms with Crippen LogP contribution in [-0.4, -0.2) is 36.7 Å². The van der Waals surface area contributed by atoms with Crippen LogP contribution in [-0.2, 0) is 19.7 Å². The molecule has 3 rings (SSSR count). The standard InChI is InChI=1S/C17H20ClNO4/c18-14-4-2-1-3-13(14)17(5-7-23-8-6-17)10-19-15(20)11-9-12(11)16(21)22/h1-4,11-12H,5-10H2,(H,19,20)(H,21,22)/t11-,12-/m0/s1. The Hall–Kier alpha value is -1.59. The second kappa shape index (κ2) is 6.49. The summed E-state index contributed by atoms with van der Waals surface area (Å²) in [6, 6.07) is 7.69. The lowest BCUT2D eigenvalue weighted by molar-refractivity contribution is -0.140. The van der Waals surface area contributed by atoms with Gasteiger partial charge in [-0.25, -0.2) is 0 Å². The van der Waals surface area contributed by atoms with Gasteiger partial charge >= 0.3 is 5.97 Å². The highest BCUT2D eigenvalue weighted by Crippen LogP contribution is 2.40. The molecule has 1 aliphatic carbocycles. The Morgan fingerprint density at radius 1 is 1.26 bits per heavy atom. The Morgan fingerprint density at radius 2 is 1.96 bits per heavy atom. The van der Waals surface area contributed by atoms with Crippen molar-refractivity contribution in [3.05, 3.63) is 34.9 Å². The summed E-state index contributed by atoms with van der Waals surface area (Å²) in [7, 11) is 0. The number of amides is 1. The summed E-state index contributed by atoms with van der Waals surface area (Å²) in [5, 5.41) is 12.6. The highest BCUT2D eigenvalue weighted by Gasteiger charge is 2.48. The SMILES string of the molecule is O=C(O)[C@H]1C[C@@H]1C(=O)NCC1(c2ccccc2Cl)CCOCC1. The van der Waals surface area contributed by atoms with Crippen molar-refractivity contribution in [1.82, 2.24) is 5.32 Å². The van der Waals surface area contributed by atoms with Crippen molar-refractivity contribution < 1.29 is 19.4 Å². The van der Waals surface area contributed by atoms with Crippen LogP contribution in [0.3, 0.4) is 0 Å². The Bertz CT molecular complexity index is 612. The molecule has 1 saturated carbocycles. The van der Waals surface area contributed by atoms with Crippen molar-refractivity contribution in [3.63, 3.8) is 0 Å². The Kier molecular flexibility index (Phi) is 4.60. The number of halogens is 1. The molecule has 0 aromatic heterocycles. The minimum absolute atomic E-state index is 0.171. The first-order valence-corrected chi connectivity index (χ1v) is 8.24. The molecular weight excluding hydrogens is 318 g/mol. The van der Waals surface area contributed by atoms with Gasteiger partial charge in [-0.2, -0.15) is 0 Å². The van der Waals surface area contributed by atoms with Gasteiger partial charge in [0, 0.05) is 30.2 Å². The summed E-state index contributed by atoms with van der Waals surface area (Å²) in [5.41, 5.74) is 0.774. The predicted octanol–water partition coefficient (Wildman–Crippen LogP) is 2.23. The number of rotatable bonds is 5. The predicted molar refractivity (Wildman–Crippen MR) is 85.4 cm³/mol. The second-order valence-electron chi connectivity index (χ2n) is 6.38. The highest BCUT2D eigenvalue weighted by molar-refractivity contribution is 6.31. The third kappa shape index (κ3) is 3.35. The maximum absolute atomic E-state index is 12.2. The quantitative estimate of drug-likeness (QED) is 0.864. The van der Waals surface area contributed by atoms with Crippen LogP contribution in [0.15, 0.2) is 24.3 Å². The lowest BCUT2D eigenvalue weighted by Crippen LogP contribution is -2.45. The van der Waals surface area contributed by atoms with Crippen molar-refractivity contribution in [2.24, 2.45) is 11.8 Å². The zero-order valence-electron chi connectivity index (χ0n) is 12.8. The summed E-state index contributed by atoms with van der Waals surface area (Å²) in [4.78, 5) is 23.1. The lowest BCUT2D eigenvalue weighted by atomic mass is 9.74. The first-order chi connectivity index (χ1) is 11.0. The van der Waals surface area contributed by atoms with Crippen LogP contribution in [0.2, 0.25) is 5.02 Å². The molecule has 1 saturated heterocycles. The fraction of sp³-hybridized carbons (Fsp3) is 0.529. The maximum atomic E-state index is 12.2. The number of aliphatic carboxylic acids is 1. The van der Waals surface area contributed by atoms with E-state index >= 15 is 0 Å². The lowest BCUT2D eigenvalue weighted by Gasteiger charge is -2.38. The number of carbonyl (C=O) groups is 2. The first kappa shape index (κ1) is 16.3. The molecule has 0 spiro atoms. The number of hydrogen-bond donors (Lipinski definition) is 2. The van der Waals surface area contributed by atoms with Gasteiger partial charge in [-0.05, 0) is 30.9 Å². The van der Waals surface area contributed by atoms with Gasteiger partial charge in [-0.1, -0.05) is 29.8 Å². The van der Waals surface area contributed by atoms with Crippen molar-refractivity contribution in [2.45, 2.75) is 24.7 Å². The Balaban J connectivity index is 1.72. The molecule has 1 heterocycles. The smallest absolute Gasteiger partial charge is 0.307 e. The minimum Gasteiger partial charge on any atom is -0.481 e. The number of nitrogens with one attached hydrogen (secondary N) is 1. The molecule has 0 bridgehead atoms. The topological polar surface area (TPSA) is 75.6 Å². The Morgan fingerprint density at radius 3 is 2.57 bits per heavy atom. The number of benzene rings is 1. The normalized spacial score (nSPS) is 25.6. The van der Waals surface area contributed by atoms with Gasteiger partial charge in [-0.15, -0.1) is 0 Å². The molecule has 0 unspecified atom stereocenters. The molecule has 1 aromatic rings. The molecule has 2 aliphatic rings. The van der Waals surface area contributed by atoms with E-state index in [-0.39, 0.29) is 11.3 Å². The van der Waals surface area contributed by atoms with Crippen molar-refractivity contribution in [1.29, 1.82) is 0 Å². The molecule has 124 valence electrons. The van der Waals surface area contributed by atoms with Gasteiger partial charge in [0.2, 0.25) is 5.91 Å². The van der Waals surface area contributed by atoms with Gasteiger partial charge in [-0.3, -0.25) is 9.59 Å². The van der Waals surface area contributed by atoms with E-state index in [2.05, 4.69) is 5.32 Å². The molecule has 0 radical (unpaired) electrons. The van der Waals surface area contributed by atoms with E-state index in [4.69, 9.17) is 21.4 Å². The van der Waals surface area contributed by atoms with E-state index in [0.29, 0.717) is 31.2 Å². The number of carboxylic acid groups (broad SMARTS) is 1. The number of hydrogen-bond acceptors (Lipinski definition) is 3. The van der Waals surface area contributed by atoms with E-state index in [1.807, 2.05) is 24.3 Å². The summed E-state index contributed by atoms with van der Waals surface area (Å²) in [6.45, 7) is 1.71. The van der Waals surface area contributed by atoms with E-state index in [0.717, 1.165) is 18.4 Å². The fourth-order valence-electron chi connectivity index (χ4n) is 3.34. The summed E-state index contributed by atoms with van der Waals surface area (Å²) >= 11 is 6.37. The largest absolute Gasteiger partial charge is 0.481 e. The molecule has 1 amide bonds. The third-order valence-electron chi connectivity index (χ3n) is 4.94. The molecule has 6 heteroatoms. The fourth-order valence-corrected chi connectivity index (χ4v) is 3.68. The highest BCUT2D eigenvalue weighted by atomic mass is 35.5. The van der Waals surface area contributed by atoms with E-state index in [1.165, 1.54) is 0 Å². The number of carboxylic acids is 1. The summed E-state index contributed by atoms with van der Waals surface area (Å²) in [5.74, 6) is -1.98. The van der Waals surface area contributed by atoms with E-state index in [1.54, 1.807) is 0 Å². The van der Waals surface area contributed by atoms with Crippen LogP contribution in [0.4, 0.5) is 0 Å². The molecule has 5 nitrogen and oxygen atoms in total. The van der Waals surface area contributed by atoms with Gasteiger partial charge in [0.25, 0.3) is 0 Å². The zero-order valence-corrected chi connectivity index (χ0v) is 13.5. The summed E-state index contributed by atoms with van der Waals surface area (Å²) in [6.07, 6.45) is 2.00. The third-order valence-corrected chi connectivity index (χ3v) is 5.27. The molecule has 23 heavy (non-hydrogen) atoms. The number of carbonyl (C=O) groups excluding carboxylic acids is 1. The first-order valence-electron chi connectivity index (χ1n) is 7.87. The van der Waals surface area contributed by atoms with Crippen LogP contribution in [0.1, 0.15) is 24.8 Å². The average molecular weight is 338 g/mol. The van der Waals surface area contributed by atoms with Crippen molar-refractivity contribution in [3.8, 4) is 0 Å². The van der Waals surface area contributed by atoms with Gasteiger partial charge in [0.1, 0.15) is 0 Å². The average Bonchev–Trinajstić information content (AvgIpc) is 3.35. The van der Waals surface area contributed by atoms with E-state index in [9.17, 15) is 9.59 Å². The second-order valence-corrected chi connectivity index (χ2v) is 6.78. The van der Waals surface area contributed by atoms with Crippen LogP contribution < -0.4 is 5.32 Å². The van der Waals surface area contributed by atoms with Gasteiger partial charge in [0.05, 0.1) is 11.8 Å². The summed E-state index contributed by atoms with van der Waals surface area (Å²) < 4.78 is 5.47. The van der Waals surface area contributed by atoms with Crippen LogP contribution in [0, 0.1) is 11.8 Å². The van der Waals surface area contributed by atoms with Crippen LogP contribution in [0.5, 0.6) is 0 Å². The van der Waals surface area contributed by atoms with Crippen molar-refractivity contribution >= 4 is 23.5 Å².